The minimum atomic E-state index is -0.776. The van der Waals surface area contributed by atoms with Gasteiger partial charge in [-0.2, -0.15) is 0 Å². The van der Waals surface area contributed by atoms with Gasteiger partial charge in [0.1, 0.15) is 5.75 Å². The Morgan fingerprint density at radius 3 is 2.24 bits per heavy atom. The molecule has 0 unspecified atom stereocenters. The lowest BCUT2D eigenvalue weighted by Gasteiger charge is -2.04. The minimum Gasteiger partial charge on any atom is -0.494 e. The second kappa shape index (κ2) is 6.68. The summed E-state index contributed by atoms with van der Waals surface area (Å²) in [6.07, 6.45) is 0.0608. The van der Waals surface area contributed by atoms with E-state index in [1.54, 1.807) is 31.2 Å². The van der Waals surface area contributed by atoms with Crippen LogP contribution < -0.4 is 4.74 Å². The van der Waals surface area contributed by atoms with Crippen molar-refractivity contribution in [2.75, 3.05) is 13.2 Å². The maximum atomic E-state index is 11.4. The van der Waals surface area contributed by atoms with Crippen molar-refractivity contribution in [2.24, 2.45) is 0 Å². The molecule has 0 aliphatic carbocycles. The molecule has 4 nitrogen and oxygen atoms in total. The predicted octanol–water partition coefficient (Wildman–Crippen LogP) is 1.76. The van der Waals surface area contributed by atoms with E-state index in [1.165, 1.54) is 0 Å². The smallest absolute Gasteiger partial charge is 0.374 e. The van der Waals surface area contributed by atoms with Crippen LogP contribution in [0.3, 0.4) is 0 Å². The number of carbonyl (C=O) groups excluding carboxylic acids is 2. The fourth-order valence-electron chi connectivity index (χ4n) is 1.34. The average molecular weight is 236 g/mol. The van der Waals surface area contributed by atoms with Crippen LogP contribution in [0.5, 0.6) is 5.75 Å². The predicted molar refractivity (Wildman–Crippen MR) is 63.0 cm³/mol. The Hall–Kier alpha value is -1.84. The van der Waals surface area contributed by atoms with Gasteiger partial charge in [0.2, 0.25) is 5.78 Å². The maximum Gasteiger partial charge on any atom is 0.374 e. The molecule has 1 aromatic carbocycles. The fraction of sp³-hybridized carbons (Fsp3) is 0.385. The number of benzene rings is 1. The first-order chi connectivity index (χ1) is 8.17. The van der Waals surface area contributed by atoms with E-state index in [0.29, 0.717) is 6.61 Å². The maximum absolute atomic E-state index is 11.4. The van der Waals surface area contributed by atoms with Crippen molar-refractivity contribution in [3.05, 3.63) is 29.8 Å². The third-order valence-electron chi connectivity index (χ3n) is 2.10. The second-order valence-corrected chi connectivity index (χ2v) is 3.40. The number of hydrogen-bond donors (Lipinski definition) is 0. The molecule has 17 heavy (non-hydrogen) atoms. The summed E-state index contributed by atoms with van der Waals surface area (Å²) in [6, 6.07) is 7.08. The van der Waals surface area contributed by atoms with Gasteiger partial charge in [-0.15, -0.1) is 0 Å². The molecule has 92 valence electrons. The van der Waals surface area contributed by atoms with Gasteiger partial charge in [-0.3, -0.25) is 4.79 Å². The number of Topliss-reactive ketones (excluding diaryl/α,β-unsaturated/α-hetero) is 1. The minimum absolute atomic E-state index is 0.0608. The van der Waals surface area contributed by atoms with E-state index in [4.69, 9.17) is 4.74 Å². The quantitative estimate of drug-likeness (QED) is 0.558. The Morgan fingerprint density at radius 2 is 1.71 bits per heavy atom. The molecule has 0 aromatic heterocycles. The molecule has 0 radical (unpaired) electrons. The third kappa shape index (κ3) is 4.26. The van der Waals surface area contributed by atoms with Crippen LogP contribution in [0.1, 0.15) is 19.4 Å². The molecule has 0 N–H and O–H groups in total. The van der Waals surface area contributed by atoms with Gasteiger partial charge < -0.3 is 9.47 Å². The molecule has 0 atom stereocenters. The number of ketones is 1. The van der Waals surface area contributed by atoms with Gasteiger partial charge in [0.05, 0.1) is 13.2 Å². The van der Waals surface area contributed by atoms with Gasteiger partial charge in [-0.1, -0.05) is 12.1 Å². The monoisotopic (exact) mass is 236 g/mol. The van der Waals surface area contributed by atoms with Crippen molar-refractivity contribution in [3.8, 4) is 5.75 Å². The topological polar surface area (TPSA) is 52.6 Å². The molecular weight excluding hydrogens is 220 g/mol. The molecule has 0 saturated carbocycles. The summed E-state index contributed by atoms with van der Waals surface area (Å²) in [5.74, 6) is -0.558. The standard InChI is InChI=1S/C13H16O4/c1-3-16-11-7-5-10(6-8-11)9-12(14)13(15)17-4-2/h5-8H,3-4,9H2,1-2H3. The molecule has 0 amide bonds. The van der Waals surface area contributed by atoms with Crippen LogP contribution in [-0.4, -0.2) is 25.0 Å². The van der Waals surface area contributed by atoms with Crippen LogP contribution in [-0.2, 0) is 20.7 Å². The molecule has 0 fully saturated rings. The van der Waals surface area contributed by atoms with E-state index < -0.39 is 11.8 Å². The largest absolute Gasteiger partial charge is 0.494 e. The lowest BCUT2D eigenvalue weighted by atomic mass is 10.1. The third-order valence-corrected chi connectivity index (χ3v) is 2.10. The summed E-state index contributed by atoms with van der Waals surface area (Å²) in [5.41, 5.74) is 0.770. The van der Waals surface area contributed by atoms with Crippen molar-refractivity contribution < 1.29 is 19.1 Å². The van der Waals surface area contributed by atoms with Gasteiger partial charge in [0.15, 0.2) is 0 Å². The van der Waals surface area contributed by atoms with Crippen molar-refractivity contribution in [1.82, 2.24) is 0 Å². The lowest BCUT2D eigenvalue weighted by molar-refractivity contribution is -0.153. The van der Waals surface area contributed by atoms with E-state index in [-0.39, 0.29) is 13.0 Å². The summed E-state index contributed by atoms with van der Waals surface area (Å²) < 4.78 is 9.90. The van der Waals surface area contributed by atoms with Gasteiger partial charge in [0, 0.05) is 6.42 Å². The number of hydrogen-bond acceptors (Lipinski definition) is 4. The first kappa shape index (κ1) is 13.2. The van der Waals surface area contributed by atoms with E-state index in [9.17, 15) is 9.59 Å². The molecule has 1 rings (SSSR count). The normalized spacial score (nSPS) is 9.76. The molecule has 0 bridgehead atoms. The van der Waals surface area contributed by atoms with Crippen molar-refractivity contribution in [3.63, 3.8) is 0 Å². The highest BCUT2D eigenvalue weighted by molar-refractivity contribution is 6.34. The van der Waals surface area contributed by atoms with Crippen LogP contribution in [0.2, 0.25) is 0 Å². The Morgan fingerprint density at radius 1 is 1.06 bits per heavy atom. The molecule has 0 saturated heterocycles. The summed E-state index contributed by atoms with van der Waals surface area (Å²) in [7, 11) is 0. The van der Waals surface area contributed by atoms with E-state index in [0.717, 1.165) is 11.3 Å². The van der Waals surface area contributed by atoms with Crippen molar-refractivity contribution in [2.45, 2.75) is 20.3 Å². The zero-order valence-corrected chi connectivity index (χ0v) is 10.1. The number of ether oxygens (including phenoxy) is 2. The van der Waals surface area contributed by atoms with E-state index in [2.05, 4.69) is 4.74 Å². The highest BCUT2D eigenvalue weighted by Gasteiger charge is 2.14. The zero-order valence-electron chi connectivity index (χ0n) is 10.1. The highest BCUT2D eigenvalue weighted by atomic mass is 16.5. The number of carbonyl (C=O) groups is 2. The fourth-order valence-corrected chi connectivity index (χ4v) is 1.34. The Kier molecular flexibility index (Phi) is 5.20. The molecule has 0 heterocycles. The van der Waals surface area contributed by atoms with E-state index >= 15 is 0 Å². The first-order valence-corrected chi connectivity index (χ1v) is 5.59. The Bertz CT molecular complexity index is 381. The van der Waals surface area contributed by atoms with Crippen LogP contribution in [0.15, 0.2) is 24.3 Å². The van der Waals surface area contributed by atoms with Crippen LogP contribution in [0.25, 0.3) is 0 Å². The molecule has 0 spiro atoms. The molecule has 4 heteroatoms. The molecular formula is C13H16O4. The zero-order chi connectivity index (χ0) is 12.7. The lowest BCUT2D eigenvalue weighted by Crippen LogP contribution is -2.19. The molecule has 0 aliphatic rings. The van der Waals surface area contributed by atoms with Crippen molar-refractivity contribution >= 4 is 11.8 Å². The van der Waals surface area contributed by atoms with Crippen LogP contribution in [0.4, 0.5) is 0 Å². The van der Waals surface area contributed by atoms with Gasteiger partial charge >= 0.3 is 5.97 Å². The van der Waals surface area contributed by atoms with Crippen molar-refractivity contribution in [1.29, 1.82) is 0 Å². The summed E-state index contributed by atoms with van der Waals surface area (Å²) in [4.78, 5) is 22.5. The average Bonchev–Trinajstić information content (AvgIpc) is 2.32. The summed E-state index contributed by atoms with van der Waals surface area (Å²) in [6.45, 7) is 4.38. The molecule has 0 aliphatic heterocycles. The van der Waals surface area contributed by atoms with Gasteiger partial charge in [-0.05, 0) is 31.5 Å². The SMILES string of the molecule is CCOC(=O)C(=O)Cc1ccc(OCC)cc1. The van der Waals surface area contributed by atoms with E-state index in [1.807, 2.05) is 6.92 Å². The Balaban J connectivity index is 2.57. The summed E-state index contributed by atoms with van der Waals surface area (Å²) in [5, 5.41) is 0. The van der Waals surface area contributed by atoms with Gasteiger partial charge in [0.25, 0.3) is 0 Å². The summed E-state index contributed by atoms with van der Waals surface area (Å²) >= 11 is 0. The highest BCUT2D eigenvalue weighted by Crippen LogP contribution is 2.12. The second-order valence-electron chi connectivity index (χ2n) is 3.40. The number of rotatable bonds is 6. The van der Waals surface area contributed by atoms with Gasteiger partial charge in [-0.25, -0.2) is 4.79 Å². The molecule has 1 aromatic rings. The first-order valence-electron chi connectivity index (χ1n) is 5.59. The Labute approximate surface area is 101 Å². The van der Waals surface area contributed by atoms with Crippen LogP contribution in [0, 0.1) is 0 Å². The van der Waals surface area contributed by atoms with Crippen LogP contribution >= 0.6 is 0 Å². The number of esters is 1.